The van der Waals surface area contributed by atoms with Crippen LogP contribution >= 0.6 is 0 Å². The third kappa shape index (κ3) is 3.67. The summed E-state index contributed by atoms with van der Waals surface area (Å²) in [7, 11) is 0. The topological polar surface area (TPSA) is 84.9 Å². The summed E-state index contributed by atoms with van der Waals surface area (Å²) in [6.07, 6.45) is 0.159. The van der Waals surface area contributed by atoms with E-state index in [0.29, 0.717) is 33.9 Å². The summed E-state index contributed by atoms with van der Waals surface area (Å²) in [4.78, 5) is 23.9. The number of nitrogens with one attached hydrogen (secondary N) is 1. The van der Waals surface area contributed by atoms with E-state index in [2.05, 4.69) is 5.32 Å². The highest BCUT2D eigenvalue weighted by atomic mass is 16.5. The van der Waals surface area contributed by atoms with Gasteiger partial charge >= 0.3 is 0 Å². The maximum absolute atomic E-state index is 12.8. The number of ketones is 1. The Kier molecular flexibility index (Phi) is 5.06. The number of carbonyl (C=O) groups excluding carboxylic acids is 2. The van der Waals surface area contributed by atoms with Crippen molar-refractivity contribution in [2.75, 3.05) is 11.9 Å². The van der Waals surface area contributed by atoms with Crippen LogP contribution < -0.4 is 14.8 Å². The van der Waals surface area contributed by atoms with Gasteiger partial charge in [-0.15, -0.1) is 0 Å². The summed E-state index contributed by atoms with van der Waals surface area (Å²) in [5.74, 6) is 1.08. The van der Waals surface area contributed by atoms with Crippen LogP contribution in [0.25, 0.3) is 0 Å². The average Bonchev–Trinajstić information content (AvgIpc) is 2.63. The smallest absolute Gasteiger partial charge is 0.221 e. The number of phenolic OH excluding ortho intramolecular Hbond substituents is 1. The van der Waals surface area contributed by atoms with Crippen LogP contribution in [0.3, 0.4) is 0 Å². The molecule has 0 bridgehead atoms. The van der Waals surface area contributed by atoms with Gasteiger partial charge in [-0.3, -0.25) is 9.59 Å². The van der Waals surface area contributed by atoms with E-state index >= 15 is 0 Å². The lowest BCUT2D eigenvalue weighted by atomic mass is 9.86. The minimum atomic E-state index is -0.818. The number of fused-ring (bicyclic) bond motifs is 1. The molecule has 0 aromatic heterocycles. The van der Waals surface area contributed by atoms with Crippen molar-refractivity contribution in [3.8, 4) is 17.2 Å². The summed E-state index contributed by atoms with van der Waals surface area (Å²) in [6.45, 7) is 8.87. The van der Waals surface area contributed by atoms with Crippen LogP contribution in [0, 0.1) is 20.8 Å². The zero-order chi connectivity index (χ0) is 20.6. The Morgan fingerprint density at radius 1 is 1.18 bits per heavy atom. The number of amides is 1. The van der Waals surface area contributed by atoms with Gasteiger partial charge in [-0.1, -0.05) is 0 Å². The Morgan fingerprint density at radius 2 is 1.82 bits per heavy atom. The number of benzene rings is 2. The SMILES string of the molecule is CC(=O)Nc1ccc(OCC2(C)CC(=O)c3c(C)c(O)c(C)c(C)c3O2)cc1. The molecule has 0 radical (unpaired) electrons. The number of rotatable bonds is 4. The fourth-order valence-electron chi connectivity index (χ4n) is 3.43. The molecule has 3 rings (SSSR count). The Hall–Kier alpha value is -3.02. The van der Waals surface area contributed by atoms with Crippen molar-refractivity contribution in [2.24, 2.45) is 0 Å². The van der Waals surface area contributed by atoms with Gasteiger partial charge in [0.2, 0.25) is 5.91 Å². The monoisotopic (exact) mass is 383 g/mol. The van der Waals surface area contributed by atoms with Crippen LogP contribution in [0.15, 0.2) is 24.3 Å². The van der Waals surface area contributed by atoms with Gasteiger partial charge in [0.05, 0.1) is 12.0 Å². The fraction of sp³-hybridized carbons (Fsp3) is 0.364. The maximum Gasteiger partial charge on any atom is 0.221 e. The summed E-state index contributed by atoms with van der Waals surface area (Å²) in [6, 6.07) is 7.01. The number of aromatic hydroxyl groups is 1. The number of carbonyl (C=O) groups is 2. The molecule has 0 saturated carbocycles. The normalized spacial score (nSPS) is 18.2. The number of Topliss-reactive ketones (excluding diaryl/α,β-unsaturated/α-hetero) is 1. The molecule has 2 aromatic carbocycles. The molecule has 1 unspecified atom stereocenters. The first-order valence-corrected chi connectivity index (χ1v) is 9.16. The van der Waals surface area contributed by atoms with Crippen LogP contribution in [0.5, 0.6) is 17.2 Å². The van der Waals surface area contributed by atoms with E-state index in [-0.39, 0.29) is 30.5 Å². The third-order valence-electron chi connectivity index (χ3n) is 5.10. The van der Waals surface area contributed by atoms with Gasteiger partial charge in [0.1, 0.15) is 29.5 Å². The van der Waals surface area contributed by atoms with Gasteiger partial charge in [0.15, 0.2) is 5.78 Å². The number of anilines is 1. The molecule has 0 aliphatic carbocycles. The fourth-order valence-corrected chi connectivity index (χ4v) is 3.43. The molecular weight excluding hydrogens is 358 g/mol. The Labute approximate surface area is 164 Å². The molecular formula is C22H25NO5. The first kappa shape index (κ1) is 19.7. The van der Waals surface area contributed by atoms with E-state index in [4.69, 9.17) is 9.47 Å². The van der Waals surface area contributed by atoms with Crippen molar-refractivity contribution < 1.29 is 24.2 Å². The number of ether oxygens (including phenoxy) is 2. The highest BCUT2D eigenvalue weighted by Crippen LogP contribution is 2.43. The number of hydrogen-bond donors (Lipinski definition) is 2. The van der Waals surface area contributed by atoms with Gasteiger partial charge in [-0.2, -0.15) is 0 Å². The molecule has 148 valence electrons. The molecule has 2 N–H and O–H groups in total. The van der Waals surface area contributed by atoms with Gasteiger partial charge < -0.3 is 19.9 Å². The predicted molar refractivity (Wildman–Crippen MR) is 107 cm³/mol. The van der Waals surface area contributed by atoms with Crippen molar-refractivity contribution in [1.82, 2.24) is 0 Å². The largest absolute Gasteiger partial charge is 0.507 e. The maximum atomic E-state index is 12.8. The van der Waals surface area contributed by atoms with E-state index in [1.54, 1.807) is 31.2 Å². The van der Waals surface area contributed by atoms with Crippen molar-refractivity contribution in [3.63, 3.8) is 0 Å². The number of hydrogen-bond acceptors (Lipinski definition) is 5. The molecule has 6 heteroatoms. The summed E-state index contributed by atoms with van der Waals surface area (Å²) in [5.41, 5.74) is 2.35. The van der Waals surface area contributed by atoms with E-state index in [1.807, 2.05) is 20.8 Å². The Bertz CT molecular complexity index is 949. The highest BCUT2D eigenvalue weighted by Gasteiger charge is 2.40. The summed E-state index contributed by atoms with van der Waals surface area (Å²) < 4.78 is 12.1. The molecule has 0 saturated heterocycles. The van der Waals surface area contributed by atoms with Crippen molar-refractivity contribution in [2.45, 2.75) is 46.6 Å². The third-order valence-corrected chi connectivity index (χ3v) is 5.10. The Balaban J connectivity index is 1.79. The highest BCUT2D eigenvalue weighted by molar-refractivity contribution is 6.03. The van der Waals surface area contributed by atoms with Crippen LogP contribution in [-0.4, -0.2) is 29.0 Å². The zero-order valence-electron chi connectivity index (χ0n) is 16.8. The predicted octanol–water partition coefficient (Wildman–Crippen LogP) is 4.08. The van der Waals surface area contributed by atoms with Crippen LogP contribution in [0.1, 0.15) is 47.3 Å². The molecule has 0 spiro atoms. The molecule has 2 aromatic rings. The van der Waals surface area contributed by atoms with Crippen molar-refractivity contribution in [1.29, 1.82) is 0 Å². The van der Waals surface area contributed by atoms with Gasteiger partial charge in [0, 0.05) is 18.2 Å². The first-order valence-electron chi connectivity index (χ1n) is 9.16. The standard InChI is InChI=1S/C22H25NO5/c1-12-13(2)21-19(14(3)20(12)26)18(25)10-22(5,28-21)11-27-17-8-6-16(7-9-17)23-15(4)24/h6-9,26H,10-11H2,1-5H3,(H,23,24). The van der Waals surface area contributed by atoms with Crippen molar-refractivity contribution in [3.05, 3.63) is 46.5 Å². The first-order chi connectivity index (χ1) is 13.1. The van der Waals surface area contributed by atoms with Crippen LogP contribution in [-0.2, 0) is 4.79 Å². The molecule has 0 fully saturated rings. The lowest BCUT2D eigenvalue weighted by Gasteiger charge is -2.36. The minimum absolute atomic E-state index is 0.0655. The summed E-state index contributed by atoms with van der Waals surface area (Å²) >= 11 is 0. The summed E-state index contributed by atoms with van der Waals surface area (Å²) in [5, 5.41) is 13.0. The van der Waals surface area contributed by atoms with Crippen molar-refractivity contribution >= 4 is 17.4 Å². The van der Waals surface area contributed by atoms with E-state index in [0.717, 1.165) is 5.56 Å². The molecule has 1 aliphatic rings. The molecule has 1 aliphatic heterocycles. The van der Waals surface area contributed by atoms with Gasteiger partial charge in [-0.25, -0.2) is 0 Å². The zero-order valence-corrected chi connectivity index (χ0v) is 16.8. The van der Waals surface area contributed by atoms with Crippen LogP contribution in [0.4, 0.5) is 5.69 Å². The van der Waals surface area contributed by atoms with Gasteiger partial charge in [0.25, 0.3) is 0 Å². The molecule has 6 nitrogen and oxygen atoms in total. The molecule has 28 heavy (non-hydrogen) atoms. The second kappa shape index (κ2) is 7.19. The Morgan fingerprint density at radius 3 is 2.43 bits per heavy atom. The lowest BCUT2D eigenvalue weighted by molar-refractivity contribution is -0.114. The molecule has 1 amide bonds. The van der Waals surface area contributed by atoms with Crippen LogP contribution in [0.2, 0.25) is 0 Å². The van der Waals surface area contributed by atoms with Gasteiger partial charge in [-0.05, 0) is 63.1 Å². The number of phenols is 1. The lowest BCUT2D eigenvalue weighted by Crippen LogP contribution is -2.44. The molecule has 1 heterocycles. The second-order valence-corrected chi connectivity index (χ2v) is 7.57. The second-order valence-electron chi connectivity index (χ2n) is 7.57. The minimum Gasteiger partial charge on any atom is -0.507 e. The quantitative estimate of drug-likeness (QED) is 0.831. The van der Waals surface area contributed by atoms with E-state index in [9.17, 15) is 14.7 Å². The van der Waals surface area contributed by atoms with E-state index in [1.165, 1.54) is 6.92 Å². The van der Waals surface area contributed by atoms with E-state index < -0.39 is 5.60 Å². The molecule has 1 atom stereocenters. The average molecular weight is 383 g/mol.